The molecule has 3 heteroatoms. The van der Waals surface area contributed by atoms with E-state index in [1.54, 1.807) is 0 Å². The van der Waals surface area contributed by atoms with Crippen molar-refractivity contribution in [3.63, 3.8) is 0 Å². The van der Waals surface area contributed by atoms with Crippen LogP contribution in [0, 0.1) is 11.3 Å². The van der Waals surface area contributed by atoms with Gasteiger partial charge >= 0.3 is 0 Å². The Morgan fingerprint density at radius 1 is 1.44 bits per heavy atom. The van der Waals surface area contributed by atoms with E-state index in [4.69, 9.17) is 0 Å². The second-order valence-electron chi connectivity index (χ2n) is 6.22. The molecule has 3 nitrogen and oxygen atoms in total. The molecule has 16 heavy (non-hydrogen) atoms. The molecule has 0 aromatic heterocycles. The first-order chi connectivity index (χ1) is 7.38. The van der Waals surface area contributed by atoms with Gasteiger partial charge < -0.3 is 10.6 Å². The van der Waals surface area contributed by atoms with Crippen molar-refractivity contribution in [2.75, 3.05) is 13.1 Å². The van der Waals surface area contributed by atoms with Gasteiger partial charge in [-0.1, -0.05) is 27.7 Å². The monoisotopic (exact) mass is 226 g/mol. The molecule has 0 bridgehead atoms. The van der Waals surface area contributed by atoms with E-state index in [9.17, 15) is 4.79 Å². The molecule has 1 aliphatic rings. The maximum absolute atomic E-state index is 11.7. The molecule has 0 radical (unpaired) electrons. The summed E-state index contributed by atoms with van der Waals surface area (Å²) in [5.41, 5.74) is 0.0791. The Bertz CT molecular complexity index is 233. The van der Waals surface area contributed by atoms with Gasteiger partial charge in [-0.05, 0) is 30.7 Å². The van der Waals surface area contributed by atoms with Gasteiger partial charge in [0.1, 0.15) is 0 Å². The Balaban J connectivity index is 2.25. The highest BCUT2D eigenvalue weighted by atomic mass is 16.1. The lowest BCUT2D eigenvalue weighted by molar-refractivity contribution is -0.122. The molecule has 1 saturated heterocycles. The molecule has 0 aromatic rings. The first kappa shape index (κ1) is 13.5. The number of amides is 1. The second kappa shape index (κ2) is 5.67. The van der Waals surface area contributed by atoms with E-state index >= 15 is 0 Å². The fourth-order valence-corrected chi connectivity index (χ4v) is 2.16. The van der Waals surface area contributed by atoms with Gasteiger partial charge in [0.05, 0.1) is 0 Å². The minimum atomic E-state index is 0.0791. The van der Waals surface area contributed by atoms with Crippen LogP contribution in [0.3, 0.4) is 0 Å². The molecular formula is C13H26N2O. The van der Waals surface area contributed by atoms with E-state index in [2.05, 4.69) is 38.3 Å². The zero-order chi connectivity index (χ0) is 12.2. The summed E-state index contributed by atoms with van der Waals surface area (Å²) in [7, 11) is 0. The minimum absolute atomic E-state index is 0.0791. The predicted octanol–water partition coefficient (Wildman–Crippen LogP) is 1.93. The van der Waals surface area contributed by atoms with Crippen LogP contribution in [-0.2, 0) is 4.79 Å². The highest BCUT2D eigenvalue weighted by Crippen LogP contribution is 2.18. The highest BCUT2D eigenvalue weighted by Gasteiger charge is 2.22. The summed E-state index contributed by atoms with van der Waals surface area (Å²) in [6.45, 7) is 10.4. The number of hydrogen-bond acceptors (Lipinski definition) is 2. The highest BCUT2D eigenvalue weighted by molar-refractivity contribution is 5.76. The molecule has 0 spiro atoms. The molecule has 1 rings (SSSR count). The third-order valence-corrected chi connectivity index (χ3v) is 3.14. The maximum Gasteiger partial charge on any atom is 0.220 e. The van der Waals surface area contributed by atoms with Crippen LogP contribution in [0.1, 0.15) is 47.0 Å². The summed E-state index contributed by atoms with van der Waals surface area (Å²) >= 11 is 0. The van der Waals surface area contributed by atoms with Crippen LogP contribution in [0.4, 0.5) is 0 Å². The van der Waals surface area contributed by atoms with Gasteiger partial charge in [0.2, 0.25) is 5.91 Å². The molecule has 1 amide bonds. The Hall–Kier alpha value is -0.570. The number of carbonyl (C=O) groups is 1. The van der Waals surface area contributed by atoms with Gasteiger partial charge in [-0.2, -0.15) is 0 Å². The van der Waals surface area contributed by atoms with Crippen molar-refractivity contribution in [3.05, 3.63) is 0 Å². The van der Waals surface area contributed by atoms with Crippen molar-refractivity contribution < 1.29 is 4.79 Å². The summed E-state index contributed by atoms with van der Waals surface area (Å²) in [6, 6.07) is 0.456. The van der Waals surface area contributed by atoms with Gasteiger partial charge in [-0.25, -0.2) is 0 Å². The van der Waals surface area contributed by atoms with Crippen LogP contribution in [0.25, 0.3) is 0 Å². The molecule has 0 aliphatic carbocycles. The lowest BCUT2D eigenvalue weighted by Gasteiger charge is -2.30. The molecule has 2 N–H and O–H groups in total. The van der Waals surface area contributed by atoms with Gasteiger partial charge in [-0.3, -0.25) is 4.79 Å². The average molecular weight is 226 g/mol. The van der Waals surface area contributed by atoms with Crippen molar-refractivity contribution >= 4 is 5.91 Å². The Labute approximate surface area is 99.4 Å². The normalized spacial score (nSPS) is 26.5. The predicted molar refractivity (Wildman–Crippen MR) is 67.3 cm³/mol. The molecule has 2 atom stereocenters. The second-order valence-corrected chi connectivity index (χ2v) is 6.22. The van der Waals surface area contributed by atoms with Gasteiger partial charge in [0.25, 0.3) is 0 Å². The largest absolute Gasteiger partial charge is 0.355 e. The van der Waals surface area contributed by atoms with Crippen molar-refractivity contribution in [1.29, 1.82) is 0 Å². The van der Waals surface area contributed by atoms with Crippen LogP contribution in [0.5, 0.6) is 0 Å². The number of hydrogen-bond donors (Lipinski definition) is 2. The summed E-state index contributed by atoms with van der Waals surface area (Å²) in [6.07, 6.45) is 3.13. The van der Waals surface area contributed by atoms with Gasteiger partial charge in [-0.15, -0.1) is 0 Å². The van der Waals surface area contributed by atoms with Gasteiger partial charge in [0.15, 0.2) is 0 Å². The third-order valence-electron chi connectivity index (χ3n) is 3.14. The van der Waals surface area contributed by atoms with Crippen LogP contribution < -0.4 is 10.6 Å². The molecule has 0 saturated carbocycles. The van der Waals surface area contributed by atoms with E-state index < -0.39 is 0 Å². The summed E-state index contributed by atoms with van der Waals surface area (Å²) < 4.78 is 0. The lowest BCUT2D eigenvalue weighted by Crippen LogP contribution is -2.48. The third kappa shape index (κ3) is 4.97. The van der Waals surface area contributed by atoms with Crippen molar-refractivity contribution in [1.82, 2.24) is 10.6 Å². The van der Waals surface area contributed by atoms with Crippen LogP contribution in [0.15, 0.2) is 0 Å². The zero-order valence-electron chi connectivity index (χ0n) is 11.1. The quantitative estimate of drug-likeness (QED) is 0.772. The number of rotatable bonds is 3. The molecule has 1 heterocycles. The summed E-state index contributed by atoms with van der Waals surface area (Å²) in [5, 5.41) is 6.51. The smallest absolute Gasteiger partial charge is 0.220 e. The summed E-state index contributed by atoms with van der Waals surface area (Å²) in [4.78, 5) is 11.7. The van der Waals surface area contributed by atoms with E-state index in [-0.39, 0.29) is 11.3 Å². The molecule has 2 unspecified atom stereocenters. The Morgan fingerprint density at radius 2 is 2.12 bits per heavy atom. The van der Waals surface area contributed by atoms with Crippen molar-refractivity contribution in [3.8, 4) is 0 Å². The van der Waals surface area contributed by atoms with E-state index in [1.807, 2.05) is 0 Å². The van der Waals surface area contributed by atoms with E-state index in [1.165, 1.54) is 12.8 Å². The zero-order valence-corrected chi connectivity index (χ0v) is 11.1. The molecule has 94 valence electrons. The maximum atomic E-state index is 11.7. The molecule has 1 aliphatic heterocycles. The minimum Gasteiger partial charge on any atom is -0.355 e. The Morgan fingerprint density at radius 3 is 2.69 bits per heavy atom. The number of carbonyl (C=O) groups excluding carboxylic acids is 1. The lowest BCUT2D eigenvalue weighted by atomic mass is 9.91. The average Bonchev–Trinajstić information content (AvgIpc) is 2.14. The fraction of sp³-hybridized carbons (Fsp3) is 0.923. The topological polar surface area (TPSA) is 41.1 Å². The summed E-state index contributed by atoms with van der Waals surface area (Å²) in [5.74, 6) is 0.843. The first-order valence-electron chi connectivity index (χ1n) is 6.38. The number of nitrogens with one attached hydrogen (secondary N) is 2. The molecule has 1 fully saturated rings. The van der Waals surface area contributed by atoms with E-state index in [0.29, 0.717) is 18.4 Å². The van der Waals surface area contributed by atoms with Crippen LogP contribution in [0.2, 0.25) is 0 Å². The first-order valence-corrected chi connectivity index (χ1v) is 6.38. The molecular weight excluding hydrogens is 200 g/mol. The Kier molecular flexibility index (Phi) is 4.78. The van der Waals surface area contributed by atoms with Crippen LogP contribution >= 0.6 is 0 Å². The fourth-order valence-electron chi connectivity index (χ4n) is 2.16. The van der Waals surface area contributed by atoms with E-state index in [0.717, 1.165) is 13.1 Å². The SMILES string of the molecule is CC1CCCNC1CNC(=O)CC(C)(C)C. The van der Waals surface area contributed by atoms with Crippen molar-refractivity contribution in [2.24, 2.45) is 11.3 Å². The van der Waals surface area contributed by atoms with Gasteiger partial charge in [0, 0.05) is 19.0 Å². The molecule has 0 aromatic carbocycles. The van der Waals surface area contributed by atoms with Crippen molar-refractivity contribution in [2.45, 2.75) is 53.0 Å². The van der Waals surface area contributed by atoms with Crippen LogP contribution in [-0.4, -0.2) is 25.0 Å². The number of piperidine rings is 1. The standard InChI is InChI=1S/C13H26N2O/c1-10-6-5-7-14-11(10)9-15-12(16)8-13(2,3)4/h10-11,14H,5-9H2,1-4H3,(H,15,16).